The first-order chi connectivity index (χ1) is 13.3. The second-order valence-corrected chi connectivity index (χ2v) is 7.24. The Balaban J connectivity index is 1.39. The molecule has 2 aliphatic rings. The fourth-order valence-corrected chi connectivity index (χ4v) is 4.05. The van der Waals surface area contributed by atoms with Crippen molar-refractivity contribution in [2.24, 2.45) is 5.92 Å². The van der Waals surface area contributed by atoms with Gasteiger partial charge in [-0.15, -0.1) is 0 Å². The molecule has 27 heavy (non-hydrogen) atoms. The highest BCUT2D eigenvalue weighted by molar-refractivity contribution is 5.43. The van der Waals surface area contributed by atoms with Crippen LogP contribution in [0.5, 0.6) is 11.5 Å². The van der Waals surface area contributed by atoms with Crippen LogP contribution in [0.1, 0.15) is 49.1 Å². The molecule has 2 unspecified atom stereocenters. The summed E-state index contributed by atoms with van der Waals surface area (Å²) in [7, 11) is 3.26. The second-order valence-electron chi connectivity index (χ2n) is 7.24. The van der Waals surface area contributed by atoms with Crippen molar-refractivity contribution in [3.8, 4) is 11.5 Å². The van der Waals surface area contributed by atoms with Crippen LogP contribution in [0.15, 0.2) is 22.7 Å². The second kappa shape index (κ2) is 8.27. The largest absolute Gasteiger partial charge is 0.493 e. The van der Waals surface area contributed by atoms with Crippen LogP contribution >= 0.6 is 0 Å². The average molecular weight is 373 g/mol. The summed E-state index contributed by atoms with van der Waals surface area (Å²) in [5, 5.41) is 7.55. The first kappa shape index (κ1) is 18.3. The number of nitrogens with one attached hydrogen (secondary N) is 1. The molecule has 0 aliphatic carbocycles. The summed E-state index contributed by atoms with van der Waals surface area (Å²) >= 11 is 0. The summed E-state index contributed by atoms with van der Waals surface area (Å²) < 4.78 is 22.4. The predicted molar refractivity (Wildman–Crippen MR) is 99.1 cm³/mol. The molecule has 0 saturated carbocycles. The maximum atomic E-state index is 6.26. The summed E-state index contributed by atoms with van der Waals surface area (Å²) in [4.78, 5) is 4.58. The van der Waals surface area contributed by atoms with E-state index in [9.17, 15) is 0 Å². The van der Waals surface area contributed by atoms with Crippen LogP contribution in [0, 0.1) is 5.92 Å². The molecule has 2 atom stereocenters. The minimum Gasteiger partial charge on any atom is -0.493 e. The minimum atomic E-state index is -0.0726. The highest BCUT2D eigenvalue weighted by Gasteiger charge is 2.35. The average Bonchev–Trinajstić information content (AvgIpc) is 3.38. The number of ether oxygens (including phenoxy) is 3. The van der Waals surface area contributed by atoms with E-state index in [1.807, 2.05) is 18.2 Å². The Morgan fingerprint density at radius 3 is 2.67 bits per heavy atom. The SMILES string of the molecule is COc1ccc(Cc2noc(C3CCC(C4CCNCC4)O3)n2)cc1OC. The number of benzene rings is 1. The third-order valence-electron chi connectivity index (χ3n) is 5.53. The molecule has 7 nitrogen and oxygen atoms in total. The van der Waals surface area contributed by atoms with Gasteiger partial charge in [0.2, 0.25) is 0 Å². The molecule has 2 aliphatic heterocycles. The lowest BCUT2D eigenvalue weighted by Crippen LogP contribution is -2.33. The fraction of sp³-hybridized carbons (Fsp3) is 0.600. The van der Waals surface area contributed by atoms with Crippen molar-refractivity contribution in [2.75, 3.05) is 27.3 Å². The lowest BCUT2D eigenvalue weighted by atomic mass is 9.91. The number of nitrogens with zero attached hydrogens (tertiary/aromatic N) is 2. The third-order valence-corrected chi connectivity index (χ3v) is 5.53. The van der Waals surface area contributed by atoms with E-state index in [2.05, 4.69) is 15.5 Å². The van der Waals surface area contributed by atoms with Crippen LogP contribution in [-0.2, 0) is 11.2 Å². The summed E-state index contributed by atoms with van der Waals surface area (Å²) in [5.41, 5.74) is 1.04. The van der Waals surface area contributed by atoms with Gasteiger partial charge in [-0.2, -0.15) is 4.98 Å². The maximum Gasteiger partial charge on any atom is 0.255 e. The first-order valence-electron chi connectivity index (χ1n) is 9.66. The van der Waals surface area contributed by atoms with Crippen LogP contribution in [0.4, 0.5) is 0 Å². The van der Waals surface area contributed by atoms with Gasteiger partial charge in [0.15, 0.2) is 17.3 Å². The Morgan fingerprint density at radius 1 is 1.07 bits per heavy atom. The molecule has 0 spiro atoms. The molecule has 4 rings (SSSR count). The van der Waals surface area contributed by atoms with Crippen LogP contribution in [0.25, 0.3) is 0 Å². The van der Waals surface area contributed by atoms with E-state index < -0.39 is 0 Å². The van der Waals surface area contributed by atoms with E-state index in [4.69, 9.17) is 18.7 Å². The Bertz CT molecular complexity index is 757. The molecule has 1 aromatic heterocycles. The van der Waals surface area contributed by atoms with Gasteiger partial charge in [0.25, 0.3) is 5.89 Å². The van der Waals surface area contributed by atoms with Gasteiger partial charge in [-0.25, -0.2) is 0 Å². The van der Waals surface area contributed by atoms with Crippen LogP contribution < -0.4 is 14.8 Å². The molecule has 0 radical (unpaired) electrons. The van der Waals surface area contributed by atoms with Gasteiger partial charge in [-0.05, 0) is 62.4 Å². The number of hydrogen-bond acceptors (Lipinski definition) is 7. The Morgan fingerprint density at radius 2 is 1.89 bits per heavy atom. The molecule has 2 aromatic rings. The van der Waals surface area contributed by atoms with Gasteiger partial charge in [0.05, 0.1) is 20.3 Å². The molecule has 2 fully saturated rings. The molecule has 1 N–H and O–H groups in total. The molecule has 146 valence electrons. The zero-order chi connectivity index (χ0) is 18.6. The van der Waals surface area contributed by atoms with E-state index in [1.54, 1.807) is 14.2 Å². The summed E-state index contributed by atoms with van der Waals surface area (Å²) in [5.74, 6) is 3.31. The third kappa shape index (κ3) is 4.09. The normalized spacial score (nSPS) is 23.5. The Labute approximate surface area is 159 Å². The molecule has 7 heteroatoms. The van der Waals surface area contributed by atoms with Crippen LogP contribution in [-0.4, -0.2) is 43.6 Å². The lowest BCUT2D eigenvalue weighted by Gasteiger charge is -2.27. The van der Waals surface area contributed by atoms with E-state index in [1.165, 1.54) is 12.8 Å². The van der Waals surface area contributed by atoms with Crippen LogP contribution in [0.3, 0.4) is 0 Å². The maximum absolute atomic E-state index is 6.26. The van der Waals surface area contributed by atoms with Crippen molar-refractivity contribution in [3.63, 3.8) is 0 Å². The monoisotopic (exact) mass is 373 g/mol. The van der Waals surface area contributed by atoms with Crippen molar-refractivity contribution < 1.29 is 18.7 Å². The van der Waals surface area contributed by atoms with E-state index >= 15 is 0 Å². The molecule has 3 heterocycles. The van der Waals surface area contributed by atoms with Gasteiger partial charge >= 0.3 is 0 Å². The topological polar surface area (TPSA) is 78.6 Å². The van der Waals surface area contributed by atoms with Gasteiger partial charge in [-0.3, -0.25) is 0 Å². The van der Waals surface area contributed by atoms with E-state index in [0.29, 0.717) is 41.7 Å². The van der Waals surface area contributed by atoms with Crippen molar-refractivity contribution in [2.45, 2.75) is 44.3 Å². The number of piperidine rings is 1. The van der Waals surface area contributed by atoms with Gasteiger partial charge in [-0.1, -0.05) is 11.2 Å². The van der Waals surface area contributed by atoms with E-state index in [0.717, 1.165) is 31.5 Å². The van der Waals surface area contributed by atoms with Crippen molar-refractivity contribution in [1.82, 2.24) is 15.5 Å². The first-order valence-corrected chi connectivity index (χ1v) is 9.66. The lowest BCUT2D eigenvalue weighted by molar-refractivity contribution is -0.0115. The summed E-state index contributed by atoms with van der Waals surface area (Å²) in [6, 6.07) is 5.81. The molecular weight excluding hydrogens is 346 g/mol. The zero-order valence-corrected chi connectivity index (χ0v) is 15.9. The number of hydrogen-bond donors (Lipinski definition) is 1. The zero-order valence-electron chi connectivity index (χ0n) is 15.9. The van der Waals surface area contributed by atoms with Gasteiger partial charge in [0.1, 0.15) is 6.10 Å². The van der Waals surface area contributed by atoms with Gasteiger partial charge < -0.3 is 24.1 Å². The number of methoxy groups -OCH3 is 2. The number of aromatic nitrogens is 2. The summed E-state index contributed by atoms with van der Waals surface area (Å²) in [6.07, 6.45) is 5.22. The van der Waals surface area contributed by atoms with Crippen molar-refractivity contribution in [1.29, 1.82) is 0 Å². The Kier molecular flexibility index (Phi) is 5.59. The highest BCUT2D eigenvalue weighted by Crippen LogP contribution is 2.37. The number of rotatable bonds is 6. The molecular formula is C20H27N3O4. The molecule has 0 amide bonds. The quantitative estimate of drug-likeness (QED) is 0.834. The van der Waals surface area contributed by atoms with Crippen LogP contribution in [0.2, 0.25) is 0 Å². The highest BCUT2D eigenvalue weighted by atomic mass is 16.5. The van der Waals surface area contributed by atoms with Crippen molar-refractivity contribution in [3.05, 3.63) is 35.5 Å². The predicted octanol–water partition coefficient (Wildman–Crippen LogP) is 2.90. The summed E-state index contributed by atoms with van der Waals surface area (Å²) in [6.45, 7) is 2.18. The van der Waals surface area contributed by atoms with E-state index in [-0.39, 0.29) is 6.10 Å². The molecule has 0 bridgehead atoms. The van der Waals surface area contributed by atoms with Crippen molar-refractivity contribution >= 4 is 0 Å². The molecule has 1 aromatic carbocycles. The smallest absolute Gasteiger partial charge is 0.255 e. The molecule has 2 saturated heterocycles. The van der Waals surface area contributed by atoms with Gasteiger partial charge in [0, 0.05) is 6.42 Å². The fourth-order valence-electron chi connectivity index (χ4n) is 4.05. The Hall–Kier alpha value is -2.12. The minimum absolute atomic E-state index is 0.0726. The standard InChI is InChI=1S/C20H27N3O4/c1-24-16-4-3-13(11-18(16)25-2)12-19-22-20(27-23-19)17-6-5-15(26-17)14-7-9-21-10-8-14/h3-4,11,14-15,17,21H,5-10,12H2,1-2H3.